The van der Waals surface area contributed by atoms with Crippen molar-refractivity contribution in [3.8, 4) is 0 Å². The van der Waals surface area contributed by atoms with Gasteiger partial charge in [-0.3, -0.25) is 4.98 Å². The Labute approximate surface area is 156 Å². The van der Waals surface area contributed by atoms with Gasteiger partial charge in [-0.25, -0.2) is 0 Å². The van der Waals surface area contributed by atoms with Gasteiger partial charge in [0.05, 0.1) is 23.1 Å². The van der Waals surface area contributed by atoms with Crippen molar-refractivity contribution in [2.75, 3.05) is 0 Å². The third kappa shape index (κ3) is 4.90. The summed E-state index contributed by atoms with van der Waals surface area (Å²) in [5.74, 6) is 0. The quantitative estimate of drug-likeness (QED) is 0.583. The molecular formula is C21H22F3N3. The second kappa shape index (κ2) is 7.47. The van der Waals surface area contributed by atoms with E-state index in [0.717, 1.165) is 28.0 Å². The highest BCUT2D eigenvalue weighted by molar-refractivity contribution is 5.84. The molecule has 27 heavy (non-hydrogen) atoms. The van der Waals surface area contributed by atoms with Crippen molar-refractivity contribution in [1.82, 2.24) is 15.3 Å². The van der Waals surface area contributed by atoms with Crippen LogP contribution in [-0.4, -0.2) is 16.1 Å². The van der Waals surface area contributed by atoms with E-state index in [1.165, 1.54) is 11.8 Å². The maximum Gasteiger partial charge on any atom is 0.389 e. The van der Waals surface area contributed by atoms with Gasteiger partial charge in [-0.1, -0.05) is 24.8 Å². The molecule has 6 heteroatoms. The molecule has 1 atom stereocenters. The molecule has 2 aromatic heterocycles. The summed E-state index contributed by atoms with van der Waals surface area (Å²) in [6, 6.07) is 11.6. The van der Waals surface area contributed by atoms with E-state index in [1.807, 2.05) is 19.9 Å². The minimum atomic E-state index is -4.15. The predicted molar refractivity (Wildman–Crippen MR) is 102 cm³/mol. The van der Waals surface area contributed by atoms with E-state index >= 15 is 0 Å². The minimum Gasteiger partial charge on any atom is -0.376 e. The van der Waals surface area contributed by atoms with Gasteiger partial charge in [0.15, 0.2) is 0 Å². The molecule has 1 aromatic carbocycles. The Kier molecular flexibility index (Phi) is 5.26. The zero-order chi connectivity index (χ0) is 19.6. The normalized spacial score (nSPS) is 12.9. The molecule has 0 fully saturated rings. The van der Waals surface area contributed by atoms with Gasteiger partial charge in [0.1, 0.15) is 0 Å². The second-order valence-electron chi connectivity index (χ2n) is 6.82. The topological polar surface area (TPSA) is 40.7 Å². The van der Waals surface area contributed by atoms with E-state index < -0.39 is 12.6 Å². The number of aromatic nitrogens is 2. The van der Waals surface area contributed by atoms with Crippen LogP contribution in [0.3, 0.4) is 0 Å². The molecule has 0 saturated carbocycles. The van der Waals surface area contributed by atoms with Crippen LogP contribution < -0.4 is 5.32 Å². The first-order valence-corrected chi connectivity index (χ1v) is 8.78. The molecule has 0 radical (unpaired) electrons. The van der Waals surface area contributed by atoms with Crippen molar-refractivity contribution in [2.45, 2.75) is 38.9 Å². The fraction of sp³-hybridized carbons (Fsp3) is 0.286. The number of hydrogen-bond donors (Lipinski definition) is 2. The Morgan fingerprint density at radius 3 is 2.67 bits per heavy atom. The number of nitrogens with zero attached hydrogens (tertiary/aromatic N) is 1. The average Bonchev–Trinajstić information content (AvgIpc) is 3.03. The smallest absolute Gasteiger partial charge is 0.376 e. The van der Waals surface area contributed by atoms with Gasteiger partial charge in [-0.15, -0.1) is 0 Å². The number of pyridine rings is 1. The van der Waals surface area contributed by atoms with Crippen LogP contribution in [0.2, 0.25) is 0 Å². The lowest BCUT2D eigenvalue weighted by Crippen LogP contribution is -2.18. The van der Waals surface area contributed by atoms with Crippen LogP contribution in [0.1, 0.15) is 41.9 Å². The molecule has 1 unspecified atom stereocenters. The van der Waals surface area contributed by atoms with Crippen LogP contribution in [0.4, 0.5) is 13.2 Å². The zero-order valence-electron chi connectivity index (χ0n) is 15.3. The number of nitrogens with one attached hydrogen (secondary N) is 2. The summed E-state index contributed by atoms with van der Waals surface area (Å²) in [5.41, 5.74) is 5.18. The molecule has 2 heterocycles. The van der Waals surface area contributed by atoms with E-state index in [1.54, 1.807) is 12.1 Å². The standard InChI is InChI=1S/C21H22F3N3/c1-13-4-6-17-11-19(27-20(17)10-13)15(3)26-14(2)18-7-5-16(12-25-18)8-9-21(22,23)24/h4-7,10-12,14,26-27H,3,8-9H2,1-2H3. The van der Waals surface area contributed by atoms with Crippen LogP contribution in [0.25, 0.3) is 16.6 Å². The maximum absolute atomic E-state index is 12.3. The highest BCUT2D eigenvalue weighted by atomic mass is 19.4. The lowest BCUT2D eigenvalue weighted by atomic mass is 10.1. The van der Waals surface area contributed by atoms with Gasteiger partial charge < -0.3 is 10.3 Å². The van der Waals surface area contributed by atoms with Crippen LogP contribution in [0.15, 0.2) is 49.2 Å². The number of hydrogen-bond acceptors (Lipinski definition) is 2. The molecular weight excluding hydrogens is 351 g/mol. The molecule has 3 rings (SSSR count). The number of fused-ring (bicyclic) bond motifs is 1. The molecule has 0 aliphatic heterocycles. The number of rotatable bonds is 6. The van der Waals surface area contributed by atoms with E-state index in [2.05, 4.69) is 40.1 Å². The lowest BCUT2D eigenvalue weighted by molar-refractivity contribution is -0.134. The molecule has 0 saturated heterocycles. The number of halogens is 3. The average molecular weight is 373 g/mol. The SMILES string of the molecule is C=C(NC(C)c1ccc(CCC(F)(F)F)cn1)c1cc2ccc(C)cc2[nH]1. The Hall–Kier alpha value is -2.76. The van der Waals surface area contributed by atoms with Gasteiger partial charge >= 0.3 is 6.18 Å². The molecule has 0 spiro atoms. The van der Waals surface area contributed by atoms with Crippen molar-refractivity contribution in [2.24, 2.45) is 0 Å². The fourth-order valence-electron chi connectivity index (χ4n) is 2.94. The highest BCUT2D eigenvalue weighted by Crippen LogP contribution is 2.24. The third-order valence-electron chi connectivity index (χ3n) is 4.48. The zero-order valence-corrected chi connectivity index (χ0v) is 15.3. The maximum atomic E-state index is 12.3. The molecule has 3 nitrogen and oxygen atoms in total. The summed E-state index contributed by atoms with van der Waals surface area (Å²) < 4.78 is 36.9. The number of benzene rings is 1. The summed E-state index contributed by atoms with van der Waals surface area (Å²) >= 11 is 0. The fourth-order valence-corrected chi connectivity index (χ4v) is 2.94. The van der Waals surface area contributed by atoms with Crippen molar-refractivity contribution in [3.63, 3.8) is 0 Å². The van der Waals surface area contributed by atoms with Crippen molar-refractivity contribution >= 4 is 16.6 Å². The summed E-state index contributed by atoms with van der Waals surface area (Å²) in [7, 11) is 0. The van der Waals surface area contributed by atoms with Crippen LogP contribution >= 0.6 is 0 Å². The lowest BCUT2D eigenvalue weighted by Gasteiger charge is -2.16. The van der Waals surface area contributed by atoms with Crippen molar-refractivity contribution < 1.29 is 13.2 Å². The number of H-pyrrole nitrogens is 1. The first-order valence-electron chi connectivity index (χ1n) is 8.78. The van der Waals surface area contributed by atoms with Crippen LogP contribution in [-0.2, 0) is 6.42 Å². The van der Waals surface area contributed by atoms with Gasteiger partial charge in [0.25, 0.3) is 0 Å². The third-order valence-corrected chi connectivity index (χ3v) is 4.48. The summed E-state index contributed by atoms with van der Waals surface area (Å²) in [4.78, 5) is 7.64. The van der Waals surface area contributed by atoms with Gasteiger partial charge in [-0.05, 0) is 49.6 Å². The molecule has 0 aliphatic rings. The van der Waals surface area contributed by atoms with E-state index in [-0.39, 0.29) is 12.5 Å². The Morgan fingerprint density at radius 1 is 1.22 bits per heavy atom. The summed E-state index contributed by atoms with van der Waals surface area (Å²) in [5, 5.41) is 4.41. The van der Waals surface area contributed by atoms with Crippen molar-refractivity contribution in [3.05, 3.63) is 71.7 Å². The Bertz CT molecular complexity index is 939. The largest absolute Gasteiger partial charge is 0.389 e. The number of aromatic amines is 1. The van der Waals surface area contributed by atoms with Crippen molar-refractivity contribution in [1.29, 1.82) is 0 Å². The number of alkyl halides is 3. The van der Waals surface area contributed by atoms with Gasteiger partial charge in [0, 0.05) is 23.5 Å². The first kappa shape index (κ1) is 19.0. The molecule has 2 N–H and O–H groups in total. The van der Waals surface area contributed by atoms with Gasteiger partial charge in [-0.2, -0.15) is 13.2 Å². The first-order chi connectivity index (χ1) is 12.7. The summed E-state index contributed by atoms with van der Waals surface area (Å²) in [6.45, 7) is 8.07. The molecule has 0 amide bonds. The highest BCUT2D eigenvalue weighted by Gasteiger charge is 2.26. The molecule has 0 aliphatic carbocycles. The minimum absolute atomic E-state index is 0.0558. The predicted octanol–water partition coefficient (Wildman–Crippen LogP) is 5.69. The van der Waals surface area contributed by atoms with E-state index in [4.69, 9.17) is 0 Å². The van der Waals surface area contributed by atoms with Crippen LogP contribution in [0, 0.1) is 6.92 Å². The molecule has 142 valence electrons. The molecule has 0 bridgehead atoms. The summed E-state index contributed by atoms with van der Waals surface area (Å²) in [6.07, 6.45) is -3.53. The Balaban J connectivity index is 1.65. The second-order valence-corrected chi connectivity index (χ2v) is 6.82. The number of aryl methyl sites for hydroxylation is 2. The van der Waals surface area contributed by atoms with Gasteiger partial charge in [0.2, 0.25) is 0 Å². The molecule has 3 aromatic rings. The van der Waals surface area contributed by atoms with Crippen LogP contribution in [0.5, 0.6) is 0 Å². The Morgan fingerprint density at radius 2 is 2.00 bits per heavy atom. The van der Waals surface area contributed by atoms with E-state index in [9.17, 15) is 13.2 Å². The van der Waals surface area contributed by atoms with E-state index in [0.29, 0.717) is 5.56 Å². The monoisotopic (exact) mass is 373 g/mol.